The van der Waals surface area contributed by atoms with Crippen LogP contribution in [0.3, 0.4) is 0 Å². The van der Waals surface area contributed by atoms with Gasteiger partial charge >= 0.3 is 0 Å². The molecule has 0 aromatic carbocycles. The van der Waals surface area contributed by atoms with Crippen LogP contribution >= 0.6 is 11.8 Å². The first kappa shape index (κ1) is 17.6. The molecule has 20 heavy (non-hydrogen) atoms. The van der Waals surface area contributed by atoms with Crippen LogP contribution in [0.5, 0.6) is 0 Å². The molecule has 4 nitrogen and oxygen atoms in total. The average molecular weight is 302 g/mol. The molecule has 0 aromatic heterocycles. The third-order valence-corrected chi connectivity index (χ3v) is 5.44. The van der Waals surface area contributed by atoms with Crippen molar-refractivity contribution in [3.05, 3.63) is 0 Å². The molecule has 118 valence electrons. The van der Waals surface area contributed by atoms with E-state index in [-0.39, 0.29) is 0 Å². The van der Waals surface area contributed by atoms with Gasteiger partial charge in [0.1, 0.15) is 0 Å². The molecular weight excluding hydrogens is 270 g/mol. The zero-order chi connectivity index (χ0) is 15.0. The number of hydrogen-bond donors (Lipinski definition) is 2. The van der Waals surface area contributed by atoms with Gasteiger partial charge in [-0.1, -0.05) is 20.8 Å². The second-order valence-corrected chi connectivity index (χ2v) is 6.86. The van der Waals surface area contributed by atoms with Crippen molar-refractivity contribution in [3.63, 3.8) is 0 Å². The zero-order valence-corrected chi connectivity index (χ0v) is 14.3. The van der Waals surface area contributed by atoms with E-state index >= 15 is 0 Å². The maximum atomic E-state index is 10.4. The predicted octanol–water partition coefficient (Wildman–Crippen LogP) is 2.33. The van der Waals surface area contributed by atoms with E-state index in [1.807, 2.05) is 13.8 Å². The van der Waals surface area contributed by atoms with Crippen LogP contribution < -0.4 is 5.32 Å². The topological polar surface area (TPSA) is 47.9 Å². The molecule has 1 unspecified atom stereocenters. The Labute approximate surface area is 128 Å². The molecule has 1 fully saturated rings. The standard InChI is InChI=1S/C15H31N3OS/c1-5-13-11-18(9-10-20-13)14(16-8-4)17-12-15(19,6-2)7-3/h13,19H,5-12H2,1-4H3,(H,16,17). The largest absolute Gasteiger partial charge is 0.388 e. The maximum Gasteiger partial charge on any atom is 0.194 e. The van der Waals surface area contributed by atoms with Crippen molar-refractivity contribution in [2.75, 3.05) is 31.9 Å². The molecule has 0 aromatic rings. The van der Waals surface area contributed by atoms with Crippen LogP contribution in [0, 0.1) is 0 Å². The smallest absolute Gasteiger partial charge is 0.194 e. The van der Waals surface area contributed by atoms with Crippen molar-refractivity contribution < 1.29 is 5.11 Å². The summed E-state index contributed by atoms with van der Waals surface area (Å²) in [4.78, 5) is 7.04. The monoisotopic (exact) mass is 301 g/mol. The molecular formula is C15H31N3OS. The highest BCUT2D eigenvalue weighted by atomic mass is 32.2. The molecule has 1 aliphatic rings. The summed E-state index contributed by atoms with van der Waals surface area (Å²) in [5.41, 5.74) is -0.657. The molecule has 0 bridgehead atoms. The number of nitrogens with zero attached hydrogens (tertiary/aromatic N) is 2. The van der Waals surface area contributed by atoms with Crippen molar-refractivity contribution in [1.82, 2.24) is 10.2 Å². The molecule has 5 heteroatoms. The normalized spacial score (nSPS) is 21.1. The summed E-state index contributed by atoms with van der Waals surface area (Å²) in [6.07, 6.45) is 2.70. The summed E-state index contributed by atoms with van der Waals surface area (Å²) in [6.45, 7) is 11.9. The van der Waals surface area contributed by atoms with Gasteiger partial charge in [0.2, 0.25) is 0 Å². The van der Waals surface area contributed by atoms with E-state index in [4.69, 9.17) is 4.99 Å². The fraction of sp³-hybridized carbons (Fsp3) is 0.933. The van der Waals surface area contributed by atoms with Crippen molar-refractivity contribution in [1.29, 1.82) is 0 Å². The minimum absolute atomic E-state index is 0.489. The summed E-state index contributed by atoms with van der Waals surface area (Å²) in [5, 5.41) is 14.5. The van der Waals surface area contributed by atoms with Crippen molar-refractivity contribution in [3.8, 4) is 0 Å². The van der Waals surface area contributed by atoms with Gasteiger partial charge in [0, 0.05) is 30.6 Å². The van der Waals surface area contributed by atoms with Gasteiger partial charge < -0.3 is 15.3 Å². The first-order valence-corrected chi connectivity index (χ1v) is 9.00. The Morgan fingerprint density at radius 1 is 1.35 bits per heavy atom. The van der Waals surface area contributed by atoms with Gasteiger partial charge in [0.15, 0.2) is 5.96 Å². The fourth-order valence-electron chi connectivity index (χ4n) is 2.28. The number of rotatable bonds is 6. The Hall–Kier alpha value is -0.420. The van der Waals surface area contributed by atoms with E-state index in [1.165, 1.54) is 6.42 Å². The molecule has 1 rings (SSSR count). The zero-order valence-electron chi connectivity index (χ0n) is 13.5. The summed E-state index contributed by atoms with van der Waals surface area (Å²) in [6, 6.07) is 0. The van der Waals surface area contributed by atoms with Gasteiger partial charge in [-0.05, 0) is 26.2 Å². The van der Waals surface area contributed by atoms with Crippen molar-refractivity contribution in [2.45, 2.75) is 57.8 Å². The van der Waals surface area contributed by atoms with Crippen molar-refractivity contribution in [2.24, 2.45) is 4.99 Å². The lowest BCUT2D eigenvalue weighted by atomic mass is 9.98. The number of nitrogens with one attached hydrogen (secondary N) is 1. The maximum absolute atomic E-state index is 10.4. The third kappa shape index (κ3) is 5.17. The summed E-state index contributed by atoms with van der Waals surface area (Å²) in [7, 11) is 0. The highest BCUT2D eigenvalue weighted by molar-refractivity contribution is 8.00. The quantitative estimate of drug-likeness (QED) is 0.584. The van der Waals surface area contributed by atoms with E-state index in [1.54, 1.807) is 0 Å². The molecule has 0 spiro atoms. The highest BCUT2D eigenvalue weighted by Crippen LogP contribution is 2.21. The van der Waals surface area contributed by atoms with E-state index < -0.39 is 5.60 Å². The number of hydrogen-bond acceptors (Lipinski definition) is 3. The molecule has 0 aliphatic carbocycles. The summed E-state index contributed by atoms with van der Waals surface area (Å²) < 4.78 is 0. The number of aliphatic imine (C=N–C) groups is 1. The Morgan fingerprint density at radius 2 is 2.05 bits per heavy atom. The lowest BCUT2D eigenvalue weighted by Crippen LogP contribution is -2.48. The van der Waals surface area contributed by atoms with Crippen LogP contribution in [0.2, 0.25) is 0 Å². The summed E-state index contributed by atoms with van der Waals surface area (Å²) >= 11 is 2.06. The molecule has 0 amide bonds. The Bertz CT molecular complexity index is 305. The lowest BCUT2D eigenvalue weighted by molar-refractivity contribution is 0.0415. The molecule has 1 heterocycles. The van der Waals surface area contributed by atoms with Crippen LogP contribution in [0.1, 0.15) is 47.0 Å². The fourth-order valence-corrected chi connectivity index (χ4v) is 3.46. The van der Waals surface area contributed by atoms with Gasteiger partial charge in [-0.15, -0.1) is 0 Å². The Kier molecular flexibility index (Phi) is 7.74. The minimum atomic E-state index is -0.657. The van der Waals surface area contributed by atoms with Gasteiger partial charge in [-0.25, -0.2) is 0 Å². The first-order valence-electron chi connectivity index (χ1n) is 7.95. The molecule has 2 N–H and O–H groups in total. The summed E-state index contributed by atoms with van der Waals surface area (Å²) in [5.74, 6) is 2.13. The van der Waals surface area contributed by atoms with E-state index in [2.05, 4.69) is 35.8 Å². The third-order valence-electron chi connectivity index (χ3n) is 4.07. The highest BCUT2D eigenvalue weighted by Gasteiger charge is 2.24. The molecule has 0 radical (unpaired) electrons. The van der Waals surface area contributed by atoms with E-state index in [9.17, 15) is 5.11 Å². The van der Waals surface area contributed by atoms with Crippen LogP contribution in [-0.2, 0) is 0 Å². The number of thioether (sulfide) groups is 1. The van der Waals surface area contributed by atoms with Gasteiger partial charge in [-0.3, -0.25) is 4.99 Å². The van der Waals surface area contributed by atoms with E-state index in [0.717, 1.165) is 44.2 Å². The van der Waals surface area contributed by atoms with Gasteiger partial charge in [-0.2, -0.15) is 11.8 Å². The Balaban J connectivity index is 2.71. The number of guanidine groups is 1. The van der Waals surface area contributed by atoms with Crippen LogP contribution in [0.25, 0.3) is 0 Å². The van der Waals surface area contributed by atoms with Gasteiger partial charge in [0.05, 0.1) is 12.1 Å². The SMILES string of the molecule is CCNC(=NCC(O)(CC)CC)N1CCSC(CC)C1. The molecule has 1 saturated heterocycles. The van der Waals surface area contributed by atoms with Crippen LogP contribution in [0.4, 0.5) is 0 Å². The van der Waals surface area contributed by atoms with Crippen LogP contribution in [-0.4, -0.2) is 58.7 Å². The van der Waals surface area contributed by atoms with E-state index in [0.29, 0.717) is 11.8 Å². The Morgan fingerprint density at radius 3 is 2.60 bits per heavy atom. The van der Waals surface area contributed by atoms with Gasteiger partial charge in [0.25, 0.3) is 0 Å². The second kappa shape index (κ2) is 8.78. The minimum Gasteiger partial charge on any atom is -0.388 e. The van der Waals surface area contributed by atoms with Crippen molar-refractivity contribution >= 4 is 17.7 Å². The molecule has 1 aliphatic heterocycles. The molecule has 1 atom stereocenters. The number of aliphatic hydroxyl groups is 1. The lowest BCUT2D eigenvalue weighted by Gasteiger charge is -2.35. The van der Waals surface area contributed by atoms with Crippen LogP contribution in [0.15, 0.2) is 4.99 Å². The second-order valence-electron chi connectivity index (χ2n) is 5.45. The first-order chi connectivity index (χ1) is 9.58. The molecule has 0 saturated carbocycles. The predicted molar refractivity (Wildman–Crippen MR) is 89.6 cm³/mol. The average Bonchev–Trinajstić information content (AvgIpc) is 2.51.